The van der Waals surface area contributed by atoms with Crippen LogP contribution in [0.5, 0.6) is 0 Å². The van der Waals surface area contributed by atoms with Crippen LogP contribution in [-0.4, -0.2) is 50.8 Å². The molecular weight excluding hydrogens is 260 g/mol. The number of hydrogen-bond donors (Lipinski definition) is 4. The molecule has 4 N–H and O–H groups in total. The number of rotatable bonds is 14. The zero-order chi connectivity index (χ0) is 16.0. The predicted molar refractivity (Wildman–Crippen MR) is 95.1 cm³/mol. The predicted octanol–water partition coefficient (Wildman–Crippen LogP) is 2.11. The normalized spacial score (nSPS) is 12.3. The van der Waals surface area contributed by atoms with E-state index >= 15 is 0 Å². The molecule has 0 unspecified atom stereocenters. The SMILES string of the molecule is CC(C)NCCCNCCCCNCCCNC(C)(C)C. The van der Waals surface area contributed by atoms with Gasteiger partial charge in [0.15, 0.2) is 0 Å². The van der Waals surface area contributed by atoms with E-state index in [0.29, 0.717) is 6.04 Å². The van der Waals surface area contributed by atoms with E-state index in [1.54, 1.807) is 0 Å². The quantitative estimate of drug-likeness (QED) is 0.371. The molecule has 0 aromatic rings. The second-order valence-corrected chi connectivity index (χ2v) is 7.20. The Balaban J connectivity index is 3.03. The Morgan fingerprint density at radius 2 is 1.14 bits per heavy atom. The van der Waals surface area contributed by atoms with E-state index < -0.39 is 0 Å². The standard InChI is InChI=1S/C17H40N4/c1-16(2)20-14-8-12-18-10-6-7-11-19-13-9-15-21-17(3,4)5/h16,18-21H,6-15H2,1-5H3. The van der Waals surface area contributed by atoms with Crippen LogP contribution < -0.4 is 21.3 Å². The molecule has 0 rings (SSSR count). The first-order valence-corrected chi connectivity index (χ1v) is 8.81. The molecule has 0 amide bonds. The van der Waals surface area contributed by atoms with E-state index in [4.69, 9.17) is 0 Å². The maximum Gasteiger partial charge on any atom is 0.00965 e. The Morgan fingerprint density at radius 3 is 1.62 bits per heavy atom. The van der Waals surface area contributed by atoms with E-state index in [1.165, 1.54) is 25.7 Å². The van der Waals surface area contributed by atoms with E-state index in [2.05, 4.69) is 55.9 Å². The molecular formula is C17H40N4. The van der Waals surface area contributed by atoms with Crippen LogP contribution in [0.1, 0.15) is 60.3 Å². The van der Waals surface area contributed by atoms with Crippen molar-refractivity contribution < 1.29 is 0 Å². The summed E-state index contributed by atoms with van der Waals surface area (Å²) in [6.07, 6.45) is 4.96. The summed E-state index contributed by atoms with van der Waals surface area (Å²) < 4.78 is 0. The topological polar surface area (TPSA) is 48.1 Å². The summed E-state index contributed by atoms with van der Waals surface area (Å²) in [5, 5.41) is 14.0. The van der Waals surface area contributed by atoms with Crippen LogP contribution in [0.25, 0.3) is 0 Å². The second-order valence-electron chi connectivity index (χ2n) is 7.20. The van der Waals surface area contributed by atoms with E-state index in [9.17, 15) is 0 Å². The van der Waals surface area contributed by atoms with Crippen LogP contribution in [0.4, 0.5) is 0 Å². The largest absolute Gasteiger partial charge is 0.317 e. The van der Waals surface area contributed by atoms with Crippen LogP contribution in [0.2, 0.25) is 0 Å². The molecule has 4 nitrogen and oxygen atoms in total. The summed E-state index contributed by atoms with van der Waals surface area (Å²) in [5.41, 5.74) is 0.246. The lowest BCUT2D eigenvalue weighted by Gasteiger charge is -2.20. The second kappa shape index (κ2) is 13.5. The molecule has 0 fully saturated rings. The number of unbranched alkanes of at least 4 members (excludes halogenated alkanes) is 1. The van der Waals surface area contributed by atoms with Gasteiger partial charge < -0.3 is 21.3 Å². The fourth-order valence-electron chi connectivity index (χ4n) is 2.03. The molecule has 0 saturated heterocycles. The first-order chi connectivity index (χ1) is 9.92. The molecule has 0 spiro atoms. The number of hydrogen-bond acceptors (Lipinski definition) is 4. The third kappa shape index (κ3) is 19.8. The van der Waals surface area contributed by atoms with Crippen LogP contribution in [0, 0.1) is 0 Å². The van der Waals surface area contributed by atoms with E-state index in [-0.39, 0.29) is 5.54 Å². The Labute approximate surface area is 133 Å². The van der Waals surface area contributed by atoms with Crippen LogP contribution in [0.3, 0.4) is 0 Å². The van der Waals surface area contributed by atoms with Gasteiger partial charge in [-0.3, -0.25) is 0 Å². The van der Waals surface area contributed by atoms with Gasteiger partial charge in [-0.2, -0.15) is 0 Å². The van der Waals surface area contributed by atoms with Gasteiger partial charge in [-0.05, 0) is 85.7 Å². The maximum atomic E-state index is 3.52. The molecule has 0 aromatic heterocycles. The molecule has 0 radical (unpaired) electrons. The van der Waals surface area contributed by atoms with Crippen molar-refractivity contribution in [2.75, 3.05) is 39.3 Å². The third-order valence-electron chi connectivity index (χ3n) is 3.23. The highest BCUT2D eigenvalue weighted by molar-refractivity contribution is 4.69. The summed E-state index contributed by atoms with van der Waals surface area (Å²) >= 11 is 0. The first-order valence-electron chi connectivity index (χ1n) is 8.81. The van der Waals surface area contributed by atoms with Crippen LogP contribution in [-0.2, 0) is 0 Å². The highest BCUT2D eigenvalue weighted by Gasteiger charge is 2.06. The minimum absolute atomic E-state index is 0.246. The third-order valence-corrected chi connectivity index (χ3v) is 3.23. The first kappa shape index (κ1) is 20.8. The molecule has 0 aliphatic rings. The molecule has 0 saturated carbocycles. The molecule has 0 aliphatic heterocycles. The summed E-state index contributed by atoms with van der Waals surface area (Å²) in [7, 11) is 0. The van der Waals surface area contributed by atoms with Crippen molar-refractivity contribution in [3.8, 4) is 0 Å². The minimum Gasteiger partial charge on any atom is -0.317 e. The highest BCUT2D eigenvalue weighted by atomic mass is 14.9. The molecule has 128 valence electrons. The van der Waals surface area contributed by atoms with Gasteiger partial charge in [0.1, 0.15) is 0 Å². The summed E-state index contributed by atoms with van der Waals surface area (Å²) in [6, 6.07) is 0.606. The average Bonchev–Trinajstić information content (AvgIpc) is 2.37. The van der Waals surface area contributed by atoms with Crippen molar-refractivity contribution in [3.63, 3.8) is 0 Å². The summed E-state index contributed by atoms with van der Waals surface area (Å²) in [5.74, 6) is 0. The van der Waals surface area contributed by atoms with Crippen molar-refractivity contribution in [2.24, 2.45) is 0 Å². The lowest BCUT2D eigenvalue weighted by atomic mass is 10.1. The van der Waals surface area contributed by atoms with E-state index in [1.807, 2.05) is 0 Å². The van der Waals surface area contributed by atoms with Gasteiger partial charge in [0.2, 0.25) is 0 Å². The minimum atomic E-state index is 0.246. The zero-order valence-electron chi connectivity index (χ0n) is 15.1. The van der Waals surface area contributed by atoms with Crippen molar-refractivity contribution in [2.45, 2.75) is 71.9 Å². The van der Waals surface area contributed by atoms with Gasteiger partial charge in [0, 0.05) is 11.6 Å². The van der Waals surface area contributed by atoms with Crippen molar-refractivity contribution in [3.05, 3.63) is 0 Å². The highest BCUT2D eigenvalue weighted by Crippen LogP contribution is 1.97. The van der Waals surface area contributed by atoms with Gasteiger partial charge >= 0.3 is 0 Å². The van der Waals surface area contributed by atoms with Gasteiger partial charge in [-0.1, -0.05) is 13.8 Å². The van der Waals surface area contributed by atoms with E-state index in [0.717, 1.165) is 39.3 Å². The molecule has 0 aliphatic carbocycles. The van der Waals surface area contributed by atoms with Crippen molar-refractivity contribution in [1.29, 1.82) is 0 Å². The molecule has 0 heterocycles. The molecule has 0 aromatic carbocycles. The summed E-state index contributed by atoms with van der Waals surface area (Å²) in [4.78, 5) is 0. The zero-order valence-corrected chi connectivity index (χ0v) is 15.1. The Bertz CT molecular complexity index is 211. The maximum absolute atomic E-state index is 3.52. The lowest BCUT2D eigenvalue weighted by Crippen LogP contribution is -2.37. The smallest absolute Gasteiger partial charge is 0.00965 e. The Hall–Kier alpha value is -0.160. The van der Waals surface area contributed by atoms with Gasteiger partial charge in [-0.15, -0.1) is 0 Å². The summed E-state index contributed by atoms with van der Waals surface area (Å²) in [6.45, 7) is 17.8. The van der Waals surface area contributed by atoms with Gasteiger partial charge in [-0.25, -0.2) is 0 Å². The average molecular weight is 301 g/mol. The molecule has 4 heteroatoms. The Kier molecular flexibility index (Phi) is 13.4. The van der Waals surface area contributed by atoms with Crippen LogP contribution >= 0.6 is 0 Å². The Morgan fingerprint density at radius 1 is 0.667 bits per heavy atom. The molecule has 0 atom stereocenters. The monoisotopic (exact) mass is 300 g/mol. The molecule has 0 bridgehead atoms. The molecule has 21 heavy (non-hydrogen) atoms. The van der Waals surface area contributed by atoms with Crippen LogP contribution in [0.15, 0.2) is 0 Å². The fourth-order valence-corrected chi connectivity index (χ4v) is 2.03. The van der Waals surface area contributed by atoms with Gasteiger partial charge in [0.05, 0.1) is 0 Å². The van der Waals surface area contributed by atoms with Crippen molar-refractivity contribution >= 4 is 0 Å². The van der Waals surface area contributed by atoms with Crippen molar-refractivity contribution in [1.82, 2.24) is 21.3 Å². The van der Waals surface area contributed by atoms with Gasteiger partial charge in [0.25, 0.3) is 0 Å². The number of nitrogens with one attached hydrogen (secondary N) is 4. The lowest BCUT2D eigenvalue weighted by molar-refractivity contribution is 0.418. The fraction of sp³-hybridized carbons (Fsp3) is 1.00.